The van der Waals surface area contributed by atoms with Crippen LogP contribution in [0, 0.1) is 6.92 Å². The van der Waals surface area contributed by atoms with Gasteiger partial charge in [-0.15, -0.1) is 0 Å². The van der Waals surface area contributed by atoms with Gasteiger partial charge in [0, 0.05) is 0 Å². The Balaban J connectivity index is 1.87. The lowest BCUT2D eigenvalue weighted by Crippen LogP contribution is -2.30. The van der Waals surface area contributed by atoms with Gasteiger partial charge in [0.25, 0.3) is 5.91 Å². The fraction of sp³-hybridized carbons (Fsp3) is 0.238. The first kappa shape index (κ1) is 19.9. The van der Waals surface area contributed by atoms with Gasteiger partial charge in [0.1, 0.15) is 5.70 Å². The van der Waals surface area contributed by atoms with Crippen molar-refractivity contribution in [3.05, 3.63) is 63.3 Å². The third kappa shape index (κ3) is 4.20. The molecule has 28 heavy (non-hydrogen) atoms. The molecule has 1 saturated heterocycles. The first-order chi connectivity index (χ1) is 13.4. The van der Waals surface area contributed by atoms with Crippen molar-refractivity contribution in [1.29, 1.82) is 0 Å². The highest BCUT2D eigenvalue weighted by Crippen LogP contribution is 2.37. The van der Waals surface area contributed by atoms with Gasteiger partial charge in [-0.1, -0.05) is 29.8 Å². The highest BCUT2D eigenvalue weighted by Gasteiger charge is 2.33. The molecule has 0 saturated carbocycles. The number of carbonyl (C=O) groups is 2. The van der Waals surface area contributed by atoms with Gasteiger partial charge in [-0.2, -0.15) is 0 Å². The molecule has 1 aliphatic heterocycles. The van der Waals surface area contributed by atoms with Crippen LogP contribution in [-0.2, 0) is 11.3 Å². The smallest absolute Gasteiger partial charge is 0.329 e. The van der Waals surface area contributed by atoms with E-state index in [1.54, 1.807) is 25.3 Å². The van der Waals surface area contributed by atoms with Gasteiger partial charge in [0.05, 0.1) is 24.7 Å². The van der Waals surface area contributed by atoms with E-state index >= 15 is 0 Å². The van der Waals surface area contributed by atoms with Gasteiger partial charge in [0.2, 0.25) is 0 Å². The predicted octanol–water partition coefficient (Wildman–Crippen LogP) is 4.26. The molecule has 3 rings (SSSR count). The molecule has 2 aromatic rings. The first-order valence-corrected chi connectivity index (χ1v) is 9.62. The fourth-order valence-corrected chi connectivity index (χ4v) is 3.63. The molecule has 1 fully saturated rings. The minimum Gasteiger partial charge on any atom is -0.492 e. The molecule has 3 amide bonds. The zero-order valence-corrected chi connectivity index (χ0v) is 17.5. The summed E-state index contributed by atoms with van der Waals surface area (Å²) in [7, 11) is 1.56. The summed E-state index contributed by atoms with van der Waals surface area (Å²) < 4.78 is 11.6. The van der Waals surface area contributed by atoms with Crippen LogP contribution in [-0.4, -0.2) is 30.6 Å². The summed E-state index contributed by atoms with van der Waals surface area (Å²) in [6, 6.07) is 10.9. The van der Waals surface area contributed by atoms with Crippen LogP contribution in [0.3, 0.4) is 0 Å². The van der Waals surface area contributed by atoms with E-state index in [4.69, 9.17) is 9.47 Å². The number of amides is 3. The number of aryl methyl sites for hydroxylation is 1. The Morgan fingerprint density at radius 1 is 1.21 bits per heavy atom. The Labute approximate surface area is 172 Å². The van der Waals surface area contributed by atoms with E-state index in [1.807, 2.05) is 38.1 Å². The minimum absolute atomic E-state index is 0.220. The number of nitrogens with one attached hydrogen (secondary N) is 1. The number of carbonyl (C=O) groups excluding carboxylic acids is 2. The van der Waals surface area contributed by atoms with E-state index in [0.717, 1.165) is 11.1 Å². The summed E-state index contributed by atoms with van der Waals surface area (Å²) in [4.78, 5) is 26.2. The number of rotatable bonds is 6. The standard InChI is InChI=1S/C21H21BrN2O4/c1-4-28-18-11-15(9-16(22)19(18)27-3)10-17-20(25)24(21(26)23-17)12-14-7-5-6-13(2)8-14/h5-11H,4,12H2,1-3H3,(H,23,26)/b17-10+. The molecular weight excluding hydrogens is 424 g/mol. The maximum atomic E-state index is 12.7. The van der Waals surface area contributed by atoms with E-state index < -0.39 is 6.03 Å². The quantitative estimate of drug-likeness (QED) is 0.533. The van der Waals surface area contributed by atoms with Crippen molar-refractivity contribution >= 4 is 33.9 Å². The highest BCUT2D eigenvalue weighted by atomic mass is 79.9. The van der Waals surface area contributed by atoms with Crippen molar-refractivity contribution < 1.29 is 19.1 Å². The lowest BCUT2D eigenvalue weighted by atomic mass is 10.1. The molecule has 0 spiro atoms. The van der Waals surface area contributed by atoms with Crippen LogP contribution in [0.4, 0.5) is 4.79 Å². The lowest BCUT2D eigenvalue weighted by molar-refractivity contribution is -0.123. The number of urea groups is 1. The van der Waals surface area contributed by atoms with Gasteiger partial charge in [0.15, 0.2) is 11.5 Å². The van der Waals surface area contributed by atoms with Gasteiger partial charge in [-0.3, -0.25) is 9.69 Å². The van der Waals surface area contributed by atoms with Gasteiger partial charge < -0.3 is 14.8 Å². The molecular formula is C21H21BrN2O4. The molecule has 0 aliphatic carbocycles. The SMILES string of the molecule is CCOc1cc(/C=C2/NC(=O)N(Cc3cccc(C)c3)C2=O)cc(Br)c1OC. The number of methoxy groups -OCH3 is 1. The molecule has 1 aliphatic rings. The zero-order chi connectivity index (χ0) is 20.3. The monoisotopic (exact) mass is 444 g/mol. The maximum absolute atomic E-state index is 12.7. The summed E-state index contributed by atoms with van der Waals surface area (Å²) in [6.07, 6.45) is 1.63. The Morgan fingerprint density at radius 2 is 2.00 bits per heavy atom. The van der Waals surface area contributed by atoms with Crippen LogP contribution in [0.25, 0.3) is 6.08 Å². The summed E-state index contributed by atoms with van der Waals surface area (Å²) in [5, 5.41) is 2.65. The minimum atomic E-state index is -0.435. The van der Waals surface area contributed by atoms with Crippen LogP contribution in [0.2, 0.25) is 0 Å². The molecule has 0 atom stereocenters. The van der Waals surface area contributed by atoms with E-state index in [9.17, 15) is 9.59 Å². The summed E-state index contributed by atoms with van der Waals surface area (Å²) >= 11 is 3.45. The average Bonchev–Trinajstić information content (AvgIpc) is 2.89. The van der Waals surface area contributed by atoms with Gasteiger partial charge in [-0.25, -0.2) is 4.79 Å². The normalized spacial score (nSPS) is 15.1. The molecule has 146 valence electrons. The van der Waals surface area contributed by atoms with Crippen molar-refractivity contribution in [3.8, 4) is 11.5 Å². The van der Waals surface area contributed by atoms with E-state index in [-0.39, 0.29) is 18.1 Å². The van der Waals surface area contributed by atoms with E-state index in [0.29, 0.717) is 28.1 Å². The van der Waals surface area contributed by atoms with Crippen LogP contribution in [0.1, 0.15) is 23.6 Å². The molecule has 0 bridgehead atoms. The number of halogens is 1. The second-order valence-electron chi connectivity index (χ2n) is 6.34. The summed E-state index contributed by atoms with van der Waals surface area (Å²) in [5.74, 6) is 0.767. The fourth-order valence-electron chi connectivity index (χ4n) is 3.01. The summed E-state index contributed by atoms with van der Waals surface area (Å²) in [5.41, 5.74) is 2.90. The second-order valence-corrected chi connectivity index (χ2v) is 7.19. The molecule has 1 N–H and O–H groups in total. The number of imide groups is 1. The van der Waals surface area contributed by atoms with Crippen molar-refractivity contribution in [2.24, 2.45) is 0 Å². The van der Waals surface area contributed by atoms with Gasteiger partial charge >= 0.3 is 6.03 Å². The van der Waals surface area contributed by atoms with E-state index in [2.05, 4.69) is 21.2 Å². The number of hydrogen-bond acceptors (Lipinski definition) is 4. The Kier molecular flexibility index (Phi) is 6.04. The van der Waals surface area contributed by atoms with E-state index in [1.165, 1.54) is 4.90 Å². The van der Waals surface area contributed by atoms with Crippen molar-refractivity contribution in [2.75, 3.05) is 13.7 Å². The molecule has 2 aromatic carbocycles. The third-order valence-corrected chi connectivity index (χ3v) is 4.82. The van der Waals surface area contributed by atoms with Crippen molar-refractivity contribution in [2.45, 2.75) is 20.4 Å². The Bertz CT molecular complexity index is 955. The highest BCUT2D eigenvalue weighted by molar-refractivity contribution is 9.10. The van der Waals surface area contributed by atoms with Crippen molar-refractivity contribution in [3.63, 3.8) is 0 Å². The van der Waals surface area contributed by atoms with Crippen LogP contribution in [0.5, 0.6) is 11.5 Å². The van der Waals surface area contributed by atoms with Crippen LogP contribution < -0.4 is 14.8 Å². The summed E-state index contributed by atoms with van der Waals surface area (Å²) in [6.45, 7) is 4.55. The zero-order valence-electron chi connectivity index (χ0n) is 15.9. The largest absolute Gasteiger partial charge is 0.492 e. The topological polar surface area (TPSA) is 67.9 Å². The number of nitrogens with zero attached hydrogens (tertiary/aromatic N) is 1. The molecule has 0 aromatic heterocycles. The third-order valence-electron chi connectivity index (χ3n) is 4.23. The molecule has 0 radical (unpaired) electrons. The van der Waals surface area contributed by atoms with Crippen LogP contribution in [0.15, 0.2) is 46.6 Å². The molecule has 0 unspecified atom stereocenters. The maximum Gasteiger partial charge on any atom is 0.329 e. The molecule has 1 heterocycles. The van der Waals surface area contributed by atoms with Crippen molar-refractivity contribution in [1.82, 2.24) is 10.2 Å². The number of benzene rings is 2. The second kappa shape index (κ2) is 8.48. The first-order valence-electron chi connectivity index (χ1n) is 8.83. The lowest BCUT2D eigenvalue weighted by Gasteiger charge is -2.12. The molecule has 7 heteroatoms. The van der Waals surface area contributed by atoms with Gasteiger partial charge in [-0.05, 0) is 59.1 Å². The number of ether oxygens (including phenoxy) is 2. The Morgan fingerprint density at radius 3 is 2.68 bits per heavy atom. The number of hydrogen-bond donors (Lipinski definition) is 1. The Hall–Kier alpha value is -2.80. The predicted molar refractivity (Wildman–Crippen MR) is 110 cm³/mol. The molecule has 6 nitrogen and oxygen atoms in total. The average molecular weight is 445 g/mol. The van der Waals surface area contributed by atoms with Crippen LogP contribution >= 0.6 is 15.9 Å².